The van der Waals surface area contributed by atoms with E-state index < -0.39 is 9.84 Å². The van der Waals surface area contributed by atoms with E-state index in [9.17, 15) is 8.42 Å². The SMILES string of the molecule is O=S(=O)(Cc1noc(C2CCCCC2)n1)c1ncc[nH]1. The van der Waals surface area contributed by atoms with Gasteiger partial charge >= 0.3 is 0 Å². The summed E-state index contributed by atoms with van der Waals surface area (Å²) >= 11 is 0. The van der Waals surface area contributed by atoms with Gasteiger partial charge in [-0.05, 0) is 12.8 Å². The van der Waals surface area contributed by atoms with Gasteiger partial charge < -0.3 is 9.51 Å². The Morgan fingerprint density at radius 1 is 1.30 bits per heavy atom. The van der Waals surface area contributed by atoms with Crippen molar-refractivity contribution < 1.29 is 12.9 Å². The second-order valence-corrected chi connectivity index (χ2v) is 6.94. The van der Waals surface area contributed by atoms with Crippen molar-refractivity contribution in [2.24, 2.45) is 0 Å². The van der Waals surface area contributed by atoms with E-state index in [0.29, 0.717) is 5.89 Å². The van der Waals surface area contributed by atoms with Gasteiger partial charge in [-0.1, -0.05) is 24.4 Å². The highest BCUT2D eigenvalue weighted by atomic mass is 32.2. The molecule has 1 aliphatic rings. The van der Waals surface area contributed by atoms with Crippen LogP contribution in [0.2, 0.25) is 0 Å². The number of hydrogen-bond donors (Lipinski definition) is 1. The monoisotopic (exact) mass is 296 g/mol. The lowest BCUT2D eigenvalue weighted by Gasteiger charge is -2.17. The molecule has 108 valence electrons. The van der Waals surface area contributed by atoms with Gasteiger partial charge in [0.1, 0.15) is 5.75 Å². The van der Waals surface area contributed by atoms with Crippen LogP contribution in [0.5, 0.6) is 0 Å². The molecule has 0 aromatic carbocycles. The molecular weight excluding hydrogens is 280 g/mol. The Morgan fingerprint density at radius 2 is 2.10 bits per heavy atom. The predicted molar refractivity (Wildman–Crippen MR) is 69.6 cm³/mol. The lowest BCUT2D eigenvalue weighted by Crippen LogP contribution is -2.09. The number of aromatic nitrogens is 4. The Balaban J connectivity index is 1.74. The topological polar surface area (TPSA) is 102 Å². The molecular formula is C12H16N4O3S. The van der Waals surface area contributed by atoms with Crippen LogP contribution in [0.25, 0.3) is 0 Å². The first-order valence-corrected chi connectivity index (χ1v) is 8.35. The van der Waals surface area contributed by atoms with E-state index in [2.05, 4.69) is 20.1 Å². The minimum atomic E-state index is -3.54. The normalized spacial score (nSPS) is 17.4. The summed E-state index contributed by atoms with van der Waals surface area (Å²) in [6.07, 6.45) is 8.50. The van der Waals surface area contributed by atoms with Gasteiger partial charge in [-0.2, -0.15) is 4.98 Å². The zero-order valence-corrected chi connectivity index (χ0v) is 11.8. The number of nitrogens with zero attached hydrogens (tertiary/aromatic N) is 3. The van der Waals surface area contributed by atoms with Gasteiger partial charge in [0.05, 0.1) is 0 Å². The Hall–Kier alpha value is -1.70. The second kappa shape index (κ2) is 5.35. The molecule has 0 saturated heterocycles. The van der Waals surface area contributed by atoms with Crippen LogP contribution in [-0.4, -0.2) is 28.5 Å². The highest BCUT2D eigenvalue weighted by Gasteiger charge is 2.25. The molecule has 2 heterocycles. The number of rotatable bonds is 4. The van der Waals surface area contributed by atoms with Crippen molar-refractivity contribution in [1.29, 1.82) is 0 Å². The summed E-state index contributed by atoms with van der Waals surface area (Å²) in [4.78, 5) is 10.6. The highest BCUT2D eigenvalue weighted by molar-refractivity contribution is 7.90. The molecule has 1 saturated carbocycles. The summed E-state index contributed by atoms with van der Waals surface area (Å²) < 4.78 is 29.3. The maximum atomic E-state index is 12.0. The summed E-state index contributed by atoms with van der Waals surface area (Å²) in [6, 6.07) is 0. The molecule has 2 aromatic heterocycles. The molecule has 0 bridgehead atoms. The van der Waals surface area contributed by atoms with Crippen molar-refractivity contribution in [3.63, 3.8) is 0 Å². The third kappa shape index (κ3) is 2.74. The smallest absolute Gasteiger partial charge is 0.229 e. The first-order chi connectivity index (χ1) is 9.65. The number of sulfone groups is 1. The maximum Gasteiger partial charge on any atom is 0.229 e. The fourth-order valence-electron chi connectivity index (χ4n) is 2.50. The van der Waals surface area contributed by atoms with Crippen LogP contribution in [0.15, 0.2) is 22.1 Å². The van der Waals surface area contributed by atoms with E-state index in [0.717, 1.165) is 25.7 Å². The van der Waals surface area contributed by atoms with Crippen molar-refractivity contribution in [2.75, 3.05) is 0 Å². The van der Waals surface area contributed by atoms with E-state index in [1.54, 1.807) is 0 Å². The second-order valence-electron chi connectivity index (χ2n) is 5.04. The number of hydrogen-bond acceptors (Lipinski definition) is 6. The van der Waals surface area contributed by atoms with Crippen molar-refractivity contribution in [1.82, 2.24) is 20.1 Å². The lowest BCUT2D eigenvalue weighted by atomic mass is 9.89. The summed E-state index contributed by atoms with van der Waals surface area (Å²) in [5.41, 5.74) is 0. The number of aromatic amines is 1. The number of imidazole rings is 1. The number of nitrogens with one attached hydrogen (secondary N) is 1. The van der Waals surface area contributed by atoms with E-state index in [4.69, 9.17) is 4.52 Å². The van der Waals surface area contributed by atoms with Crippen molar-refractivity contribution in [3.8, 4) is 0 Å². The van der Waals surface area contributed by atoms with E-state index in [1.807, 2.05) is 0 Å². The third-order valence-electron chi connectivity index (χ3n) is 3.53. The lowest BCUT2D eigenvalue weighted by molar-refractivity contribution is 0.312. The van der Waals surface area contributed by atoms with Crippen LogP contribution in [-0.2, 0) is 15.6 Å². The Kier molecular flexibility index (Phi) is 3.56. The predicted octanol–water partition coefficient (Wildman–Crippen LogP) is 1.81. The van der Waals surface area contributed by atoms with E-state index >= 15 is 0 Å². The standard InChI is InChI=1S/C12H16N4O3S/c17-20(18,12-13-6-7-14-12)8-10-15-11(19-16-10)9-4-2-1-3-5-9/h6-7,9H,1-5,8H2,(H,13,14). The molecule has 0 radical (unpaired) electrons. The minimum absolute atomic E-state index is 0.0680. The fraction of sp³-hybridized carbons (Fsp3) is 0.583. The zero-order valence-electron chi connectivity index (χ0n) is 10.9. The van der Waals surface area contributed by atoms with Crippen molar-refractivity contribution in [2.45, 2.75) is 48.9 Å². The van der Waals surface area contributed by atoms with Crippen LogP contribution >= 0.6 is 0 Å². The Bertz CT molecular complexity index is 657. The average Bonchev–Trinajstić information content (AvgIpc) is 3.10. The van der Waals surface area contributed by atoms with Gasteiger partial charge in [0.25, 0.3) is 0 Å². The molecule has 20 heavy (non-hydrogen) atoms. The first kappa shape index (κ1) is 13.3. The molecule has 0 aliphatic heterocycles. The minimum Gasteiger partial charge on any atom is -0.339 e. The first-order valence-electron chi connectivity index (χ1n) is 6.70. The largest absolute Gasteiger partial charge is 0.339 e. The fourth-order valence-corrected chi connectivity index (χ4v) is 3.56. The molecule has 2 aromatic rings. The highest BCUT2D eigenvalue weighted by Crippen LogP contribution is 2.31. The number of H-pyrrole nitrogens is 1. The summed E-state index contributed by atoms with van der Waals surface area (Å²) in [6.45, 7) is 0. The summed E-state index contributed by atoms with van der Waals surface area (Å²) in [7, 11) is -3.54. The van der Waals surface area contributed by atoms with Gasteiger partial charge in [-0.25, -0.2) is 13.4 Å². The molecule has 0 amide bonds. The van der Waals surface area contributed by atoms with Gasteiger partial charge in [-0.3, -0.25) is 0 Å². The van der Waals surface area contributed by atoms with Crippen LogP contribution in [0.4, 0.5) is 0 Å². The molecule has 1 aliphatic carbocycles. The van der Waals surface area contributed by atoms with Gasteiger partial charge in [0.15, 0.2) is 5.82 Å². The van der Waals surface area contributed by atoms with Crippen LogP contribution < -0.4 is 0 Å². The molecule has 7 nitrogen and oxygen atoms in total. The maximum absolute atomic E-state index is 12.0. The van der Waals surface area contributed by atoms with Gasteiger partial charge in [-0.15, -0.1) is 0 Å². The molecule has 0 unspecified atom stereocenters. The average molecular weight is 296 g/mol. The van der Waals surface area contributed by atoms with Crippen LogP contribution in [0.1, 0.15) is 49.7 Å². The van der Waals surface area contributed by atoms with Crippen molar-refractivity contribution >= 4 is 9.84 Å². The molecule has 3 rings (SSSR count). The zero-order chi connectivity index (χ0) is 14.0. The van der Waals surface area contributed by atoms with E-state index in [1.165, 1.54) is 18.8 Å². The van der Waals surface area contributed by atoms with Crippen molar-refractivity contribution in [3.05, 3.63) is 24.1 Å². The molecule has 0 spiro atoms. The molecule has 1 N–H and O–H groups in total. The summed E-state index contributed by atoms with van der Waals surface area (Å²) in [5, 5.41) is 3.71. The van der Waals surface area contributed by atoms with Crippen LogP contribution in [0.3, 0.4) is 0 Å². The summed E-state index contributed by atoms with van der Waals surface area (Å²) in [5.74, 6) is 0.740. The third-order valence-corrected chi connectivity index (χ3v) is 4.98. The Labute approximate surface area is 116 Å². The van der Waals surface area contributed by atoms with Gasteiger partial charge in [0.2, 0.25) is 20.9 Å². The van der Waals surface area contributed by atoms with Gasteiger partial charge in [0, 0.05) is 18.3 Å². The molecule has 1 fully saturated rings. The van der Waals surface area contributed by atoms with Crippen LogP contribution in [0, 0.1) is 0 Å². The Morgan fingerprint density at radius 3 is 2.80 bits per heavy atom. The molecule has 8 heteroatoms. The van der Waals surface area contributed by atoms with E-state index in [-0.39, 0.29) is 22.7 Å². The molecule has 0 atom stereocenters. The quantitative estimate of drug-likeness (QED) is 0.923.